The van der Waals surface area contributed by atoms with E-state index < -0.39 is 0 Å². The number of ether oxygens (including phenoxy) is 1. The molecule has 2 heterocycles. The second kappa shape index (κ2) is 6.06. The van der Waals surface area contributed by atoms with Gasteiger partial charge in [0, 0.05) is 30.5 Å². The Morgan fingerprint density at radius 3 is 2.71 bits per heavy atom. The van der Waals surface area contributed by atoms with Crippen molar-refractivity contribution in [1.82, 2.24) is 4.90 Å². The maximum Gasteiger partial charge on any atom is 0.306 e. The lowest BCUT2D eigenvalue weighted by Crippen LogP contribution is -2.51. The number of amides is 1. The smallest absolute Gasteiger partial charge is 0.306 e. The van der Waals surface area contributed by atoms with Crippen molar-refractivity contribution in [2.24, 2.45) is 11.8 Å². The summed E-state index contributed by atoms with van der Waals surface area (Å²) < 4.78 is 4.89. The molecule has 0 saturated carbocycles. The van der Waals surface area contributed by atoms with Gasteiger partial charge in [-0.05, 0) is 24.0 Å². The van der Waals surface area contributed by atoms with Crippen LogP contribution in [0.5, 0.6) is 0 Å². The molecule has 1 atom stereocenters. The molecule has 3 rings (SSSR count). The van der Waals surface area contributed by atoms with E-state index in [0.717, 1.165) is 30.1 Å². The van der Waals surface area contributed by atoms with E-state index in [1.807, 2.05) is 29.2 Å². The van der Waals surface area contributed by atoms with E-state index in [0.29, 0.717) is 25.4 Å². The van der Waals surface area contributed by atoms with Crippen LogP contribution in [-0.2, 0) is 20.7 Å². The number of cyclic esters (lactones) is 1. The van der Waals surface area contributed by atoms with Gasteiger partial charge in [0.15, 0.2) is 0 Å². The van der Waals surface area contributed by atoms with Gasteiger partial charge in [-0.1, -0.05) is 29.8 Å². The van der Waals surface area contributed by atoms with Crippen LogP contribution >= 0.6 is 11.6 Å². The number of carbonyl (C=O) groups excluding carboxylic acids is 2. The molecule has 0 N–H and O–H groups in total. The Morgan fingerprint density at radius 2 is 2.05 bits per heavy atom. The van der Waals surface area contributed by atoms with Crippen LogP contribution in [0.1, 0.15) is 18.4 Å². The van der Waals surface area contributed by atoms with E-state index in [4.69, 9.17) is 16.3 Å². The van der Waals surface area contributed by atoms with Crippen molar-refractivity contribution in [2.75, 3.05) is 19.7 Å². The number of likely N-dealkylation sites (tertiary alicyclic amines) is 1. The predicted molar refractivity (Wildman–Crippen MR) is 78.9 cm³/mol. The maximum absolute atomic E-state index is 12.1. The summed E-state index contributed by atoms with van der Waals surface area (Å²) in [5, 5.41) is 0.795. The molecular formula is C16H18ClNO3. The number of carbonyl (C=O) groups is 2. The van der Waals surface area contributed by atoms with E-state index in [2.05, 4.69) is 0 Å². The third-order valence-corrected chi connectivity index (χ3v) is 4.54. The van der Waals surface area contributed by atoms with E-state index in [1.54, 1.807) is 0 Å². The van der Waals surface area contributed by atoms with Crippen molar-refractivity contribution in [3.63, 3.8) is 0 Å². The van der Waals surface area contributed by atoms with Crippen molar-refractivity contribution in [3.8, 4) is 0 Å². The van der Waals surface area contributed by atoms with Crippen LogP contribution in [0.4, 0.5) is 0 Å². The lowest BCUT2D eigenvalue weighted by Gasteiger charge is -2.40. The standard InChI is InChI=1S/C16H18ClNO3/c17-14-4-2-1-3-13(14)5-12-8-18(9-12)15(19)6-11-7-16(20)21-10-11/h1-4,11-12H,5-10H2. The normalized spacial score (nSPS) is 22.0. The molecule has 1 amide bonds. The number of halogens is 1. The molecule has 21 heavy (non-hydrogen) atoms. The SMILES string of the molecule is O=C1CC(CC(=O)N2CC(Cc3ccccc3Cl)C2)CO1. The molecule has 2 aliphatic heterocycles. The van der Waals surface area contributed by atoms with Crippen molar-refractivity contribution >= 4 is 23.5 Å². The molecule has 0 aliphatic carbocycles. The van der Waals surface area contributed by atoms with Gasteiger partial charge in [-0.2, -0.15) is 0 Å². The van der Waals surface area contributed by atoms with Gasteiger partial charge in [-0.3, -0.25) is 9.59 Å². The zero-order valence-corrected chi connectivity index (χ0v) is 12.5. The van der Waals surface area contributed by atoms with Gasteiger partial charge in [0.25, 0.3) is 0 Å². The van der Waals surface area contributed by atoms with Crippen LogP contribution in [0, 0.1) is 11.8 Å². The fraction of sp³-hybridized carbons (Fsp3) is 0.500. The zero-order chi connectivity index (χ0) is 14.8. The van der Waals surface area contributed by atoms with Crippen LogP contribution in [0.15, 0.2) is 24.3 Å². The van der Waals surface area contributed by atoms with Gasteiger partial charge in [0.1, 0.15) is 0 Å². The fourth-order valence-corrected chi connectivity index (χ4v) is 3.16. The predicted octanol–water partition coefficient (Wildman–Crippen LogP) is 2.29. The maximum atomic E-state index is 12.1. The Morgan fingerprint density at radius 1 is 1.29 bits per heavy atom. The number of benzene rings is 1. The second-order valence-electron chi connectivity index (χ2n) is 5.92. The Bertz CT molecular complexity index is 554. The summed E-state index contributed by atoms with van der Waals surface area (Å²) in [6, 6.07) is 7.84. The summed E-state index contributed by atoms with van der Waals surface area (Å²) in [5.41, 5.74) is 1.14. The largest absolute Gasteiger partial charge is 0.465 e. The van der Waals surface area contributed by atoms with E-state index >= 15 is 0 Å². The molecule has 0 radical (unpaired) electrons. The molecule has 5 heteroatoms. The third-order valence-electron chi connectivity index (χ3n) is 4.17. The van der Waals surface area contributed by atoms with Crippen molar-refractivity contribution in [3.05, 3.63) is 34.9 Å². The molecule has 4 nitrogen and oxygen atoms in total. The van der Waals surface area contributed by atoms with Gasteiger partial charge in [-0.25, -0.2) is 0 Å². The molecule has 2 fully saturated rings. The first-order chi connectivity index (χ1) is 10.1. The fourth-order valence-electron chi connectivity index (χ4n) is 2.95. The number of rotatable bonds is 4. The minimum absolute atomic E-state index is 0.0626. The molecule has 0 aromatic heterocycles. The first-order valence-electron chi connectivity index (χ1n) is 7.28. The Kier molecular flexibility index (Phi) is 4.15. The highest BCUT2D eigenvalue weighted by atomic mass is 35.5. The molecule has 112 valence electrons. The van der Waals surface area contributed by atoms with E-state index in [-0.39, 0.29) is 17.8 Å². The molecular weight excluding hydrogens is 290 g/mol. The highest BCUT2D eigenvalue weighted by molar-refractivity contribution is 6.31. The van der Waals surface area contributed by atoms with Crippen molar-refractivity contribution in [2.45, 2.75) is 19.3 Å². The van der Waals surface area contributed by atoms with Gasteiger partial charge in [0.05, 0.1) is 13.0 Å². The number of esters is 1. The summed E-state index contributed by atoms with van der Waals surface area (Å²) in [5.74, 6) is 0.490. The van der Waals surface area contributed by atoms with E-state index in [9.17, 15) is 9.59 Å². The Balaban J connectivity index is 1.44. The monoisotopic (exact) mass is 307 g/mol. The number of hydrogen-bond donors (Lipinski definition) is 0. The van der Waals surface area contributed by atoms with Crippen molar-refractivity contribution in [1.29, 1.82) is 0 Å². The zero-order valence-electron chi connectivity index (χ0n) is 11.8. The first kappa shape index (κ1) is 14.4. The molecule has 1 aromatic rings. The second-order valence-corrected chi connectivity index (χ2v) is 6.32. The molecule has 1 aromatic carbocycles. The molecule has 0 bridgehead atoms. The van der Waals surface area contributed by atoms with Crippen LogP contribution in [0.25, 0.3) is 0 Å². The Hall–Kier alpha value is -1.55. The van der Waals surface area contributed by atoms with Gasteiger partial charge in [-0.15, -0.1) is 0 Å². The van der Waals surface area contributed by atoms with Gasteiger partial charge in [0.2, 0.25) is 5.91 Å². The van der Waals surface area contributed by atoms with Gasteiger partial charge < -0.3 is 9.64 Å². The molecule has 2 saturated heterocycles. The van der Waals surface area contributed by atoms with Gasteiger partial charge >= 0.3 is 5.97 Å². The summed E-state index contributed by atoms with van der Waals surface area (Å²) in [7, 11) is 0. The van der Waals surface area contributed by atoms with E-state index in [1.165, 1.54) is 0 Å². The topological polar surface area (TPSA) is 46.6 Å². The lowest BCUT2D eigenvalue weighted by molar-refractivity contribution is -0.139. The highest BCUT2D eigenvalue weighted by Gasteiger charge is 2.34. The van der Waals surface area contributed by atoms with Crippen LogP contribution in [0.2, 0.25) is 5.02 Å². The average molecular weight is 308 g/mol. The highest BCUT2D eigenvalue weighted by Crippen LogP contribution is 2.26. The number of hydrogen-bond acceptors (Lipinski definition) is 3. The Labute approximate surface area is 129 Å². The van der Waals surface area contributed by atoms with Crippen LogP contribution in [-0.4, -0.2) is 36.5 Å². The minimum Gasteiger partial charge on any atom is -0.465 e. The number of nitrogens with zero attached hydrogens (tertiary/aromatic N) is 1. The molecule has 1 unspecified atom stereocenters. The quantitative estimate of drug-likeness (QED) is 0.802. The minimum atomic E-state index is -0.187. The molecule has 0 spiro atoms. The van der Waals surface area contributed by atoms with Crippen LogP contribution in [0.3, 0.4) is 0 Å². The summed E-state index contributed by atoms with van der Waals surface area (Å²) in [6.07, 6.45) is 1.71. The summed E-state index contributed by atoms with van der Waals surface area (Å²) >= 11 is 6.15. The summed E-state index contributed by atoms with van der Waals surface area (Å²) in [6.45, 7) is 1.96. The third kappa shape index (κ3) is 3.38. The van der Waals surface area contributed by atoms with Crippen molar-refractivity contribution < 1.29 is 14.3 Å². The lowest BCUT2D eigenvalue weighted by atomic mass is 9.91. The molecule has 2 aliphatic rings. The average Bonchev–Trinajstić information content (AvgIpc) is 2.80. The van der Waals surface area contributed by atoms with Crippen LogP contribution < -0.4 is 0 Å². The summed E-state index contributed by atoms with van der Waals surface area (Å²) in [4.78, 5) is 25.0. The first-order valence-corrected chi connectivity index (χ1v) is 7.66.